The monoisotopic (exact) mass is 396 g/mol. The van der Waals surface area contributed by atoms with Gasteiger partial charge in [-0.2, -0.15) is 10.2 Å². The summed E-state index contributed by atoms with van der Waals surface area (Å²) in [6.45, 7) is 4.71. The molecule has 2 N–H and O–H groups in total. The third-order valence-electron chi connectivity index (χ3n) is 4.76. The van der Waals surface area contributed by atoms with Crippen molar-refractivity contribution in [2.45, 2.75) is 26.4 Å². The fraction of sp³-hybridized carbons (Fsp3) is 0.263. The van der Waals surface area contributed by atoms with Crippen LogP contribution < -0.4 is 5.32 Å². The standard InChI is InChI=1S/C19H20N8.ClH/c1-13-22-18(24-23-13)14-3-5-15(6-4-14)26-10-8-21-19(26)17-11-16-12-20-7-2-9-27(16)25-17;/h3-6,8,10-11,20H,2,7,9,12H2,1H3,(H,22,23,24);1H. The highest BCUT2D eigenvalue weighted by Gasteiger charge is 2.16. The van der Waals surface area contributed by atoms with Gasteiger partial charge in [0.15, 0.2) is 11.6 Å². The van der Waals surface area contributed by atoms with Crippen LogP contribution in [0.1, 0.15) is 17.9 Å². The van der Waals surface area contributed by atoms with Gasteiger partial charge in [0.25, 0.3) is 0 Å². The number of nitrogens with one attached hydrogen (secondary N) is 2. The number of imidazole rings is 1. The van der Waals surface area contributed by atoms with Crippen LogP contribution in [0, 0.1) is 6.92 Å². The van der Waals surface area contributed by atoms with Crippen LogP contribution in [0.15, 0.2) is 42.7 Å². The van der Waals surface area contributed by atoms with Crippen LogP contribution in [0.3, 0.4) is 0 Å². The first-order valence-electron chi connectivity index (χ1n) is 9.09. The minimum absolute atomic E-state index is 0. The molecule has 1 aromatic carbocycles. The molecule has 5 rings (SSSR count). The number of H-pyrrole nitrogens is 1. The van der Waals surface area contributed by atoms with Crippen LogP contribution in [-0.2, 0) is 13.1 Å². The molecule has 0 aliphatic carbocycles. The van der Waals surface area contributed by atoms with E-state index in [9.17, 15) is 0 Å². The lowest BCUT2D eigenvalue weighted by molar-refractivity contribution is 0.588. The number of hydrogen-bond acceptors (Lipinski definition) is 5. The number of rotatable bonds is 3. The zero-order valence-electron chi connectivity index (χ0n) is 15.5. The van der Waals surface area contributed by atoms with Gasteiger partial charge in [0.1, 0.15) is 11.5 Å². The van der Waals surface area contributed by atoms with Gasteiger partial charge in [-0.15, -0.1) is 12.4 Å². The number of halogens is 1. The molecule has 4 heterocycles. The quantitative estimate of drug-likeness (QED) is 0.555. The highest BCUT2D eigenvalue weighted by atomic mass is 35.5. The van der Waals surface area contributed by atoms with Gasteiger partial charge < -0.3 is 5.32 Å². The summed E-state index contributed by atoms with van der Waals surface area (Å²) in [5.74, 6) is 2.35. The van der Waals surface area contributed by atoms with Crippen molar-refractivity contribution >= 4 is 12.4 Å². The van der Waals surface area contributed by atoms with E-state index in [0.717, 1.165) is 54.6 Å². The van der Waals surface area contributed by atoms with Crippen LogP contribution in [0.2, 0.25) is 0 Å². The average Bonchev–Trinajstić information content (AvgIpc) is 3.39. The van der Waals surface area contributed by atoms with Gasteiger partial charge in [-0.3, -0.25) is 14.3 Å². The lowest BCUT2D eigenvalue weighted by Gasteiger charge is -2.07. The van der Waals surface area contributed by atoms with E-state index in [-0.39, 0.29) is 12.4 Å². The summed E-state index contributed by atoms with van der Waals surface area (Å²) in [6, 6.07) is 10.3. The van der Waals surface area contributed by atoms with Crippen molar-refractivity contribution in [2.24, 2.45) is 0 Å². The average molecular weight is 397 g/mol. The molecule has 8 nitrogen and oxygen atoms in total. The first-order valence-corrected chi connectivity index (χ1v) is 9.09. The molecule has 144 valence electrons. The number of benzene rings is 1. The first kappa shape index (κ1) is 18.4. The third-order valence-corrected chi connectivity index (χ3v) is 4.76. The van der Waals surface area contributed by atoms with Gasteiger partial charge in [0, 0.05) is 36.7 Å². The van der Waals surface area contributed by atoms with E-state index in [2.05, 4.69) is 52.9 Å². The second-order valence-corrected chi connectivity index (χ2v) is 6.69. The van der Waals surface area contributed by atoms with E-state index in [0.29, 0.717) is 5.82 Å². The predicted molar refractivity (Wildman–Crippen MR) is 108 cm³/mol. The van der Waals surface area contributed by atoms with E-state index >= 15 is 0 Å². The second kappa shape index (κ2) is 7.57. The van der Waals surface area contributed by atoms with Crippen LogP contribution in [0.25, 0.3) is 28.6 Å². The Morgan fingerprint density at radius 3 is 2.79 bits per heavy atom. The lowest BCUT2D eigenvalue weighted by atomic mass is 10.2. The highest BCUT2D eigenvalue weighted by molar-refractivity contribution is 5.85. The second-order valence-electron chi connectivity index (χ2n) is 6.69. The Labute approximate surface area is 168 Å². The zero-order valence-corrected chi connectivity index (χ0v) is 16.3. The molecule has 0 saturated heterocycles. The lowest BCUT2D eigenvalue weighted by Crippen LogP contribution is -2.11. The van der Waals surface area contributed by atoms with Gasteiger partial charge in [0.2, 0.25) is 0 Å². The van der Waals surface area contributed by atoms with Gasteiger partial charge in [0.05, 0.1) is 5.69 Å². The summed E-state index contributed by atoms with van der Waals surface area (Å²) in [4.78, 5) is 8.93. The molecule has 0 radical (unpaired) electrons. The van der Waals surface area contributed by atoms with E-state index in [4.69, 9.17) is 5.10 Å². The Morgan fingerprint density at radius 1 is 1.14 bits per heavy atom. The molecule has 4 aromatic rings. The van der Waals surface area contributed by atoms with Crippen LogP contribution in [0.4, 0.5) is 0 Å². The zero-order chi connectivity index (χ0) is 18.2. The topological polar surface area (TPSA) is 89.2 Å². The summed E-state index contributed by atoms with van der Waals surface area (Å²) in [6.07, 6.45) is 4.86. The Hall–Kier alpha value is -2.97. The molecule has 1 aliphatic heterocycles. The van der Waals surface area contributed by atoms with E-state index in [1.54, 1.807) is 0 Å². The molecule has 0 fully saturated rings. The maximum absolute atomic E-state index is 4.78. The molecule has 0 bridgehead atoms. The minimum atomic E-state index is 0. The Morgan fingerprint density at radius 2 is 2.00 bits per heavy atom. The number of aromatic amines is 1. The summed E-state index contributed by atoms with van der Waals surface area (Å²) < 4.78 is 4.14. The number of aromatic nitrogens is 7. The molecule has 28 heavy (non-hydrogen) atoms. The number of fused-ring (bicyclic) bond motifs is 1. The SMILES string of the molecule is Cc1nc(-c2ccc(-n3ccnc3-c3cc4n(n3)CCCNC4)cc2)n[nH]1.Cl. The van der Waals surface area contributed by atoms with Crippen molar-refractivity contribution in [1.29, 1.82) is 0 Å². The molecule has 9 heteroatoms. The van der Waals surface area contributed by atoms with Gasteiger partial charge >= 0.3 is 0 Å². The van der Waals surface area contributed by atoms with Gasteiger partial charge in [-0.05, 0) is 50.2 Å². The molecule has 0 amide bonds. The van der Waals surface area contributed by atoms with Crippen molar-refractivity contribution < 1.29 is 0 Å². The largest absolute Gasteiger partial charge is 0.311 e. The van der Waals surface area contributed by atoms with Crippen molar-refractivity contribution in [1.82, 2.24) is 39.8 Å². The maximum atomic E-state index is 4.78. The number of aryl methyl sites for hydroxylation is 2. The summed E-state index contributed by atoms with van der Waals surface area (Å²) in [7, 11) is 0. The van der Waals surface area contributed by atoms with E-state index in [1.807, 2.05) is 31.5 Å². The van der Waals surface area contributed by atoms with E-state index < -0.39 is 0 Å². The summed E-state index contributed by atoms with van der Waals surface area (Å²) in [5.41, 5.74) is 4.10. The van der Waals surface area contributed by atoms with Gasteiger partial charge in [-0.1, -0.05) is 0 Å². The maximum Gasteiger partial charge on any atom is 0.181 e. The highest BCUT2D eigenvalue weighted by Crippen LogP contribution is 2.24. The molecule has 0 unspecified atom stereocenters. The van der Waals surface area contributed by atoms with Gasteiger partial charge in [-0.25, -0.2) is 9.97 Å². The third kappa shape index (κ3) is 3.32. The smallest absolute Gasteiger partial charge is 0.181 e. The molecule has 0 saturated carbocycles. The van der Waals surface area contributed by atoms with Crippen molar-refractivity contribution in [3.8, 4) is 28.6 Å². The Balaban J connectivity index is 0.00000192. The molecular formula is C19H21ClN8. The van der Waals surface area contributed by atoms with Crippen LogP contribution in [0.5, 0.6) is 0 Å². The fourth-order valence-electron chi connectivity index (χ4n) is 3.42. The van der Waals surface area contributed by atoms with Crippen molar-refractivity contribution in [3.63, 3.8) is 0 Å². The number of hydrogen-bond donors (Lipinski definition) is 2. The number of nitrogens with zero attached hydrogens (tertiary/aromatic N) is 6. The normalized spacial score (nSPS) is 13.6. The first-order chi connectivity index (χ1) is 13.3. The van der Waals surface area contributed by atoms with Crippen molar-refractivity contribution in [2.75, 3.05) is 6.54 Å². The molecule has 1 aliphatic rings. The Kier molecular flexibility index (Phi) is 4.97. The molecule has 3 aromatic heterocycles. The fourth-order valence-corrected chi connectivity index (χ4v) is 3.42. The molecule has 0 spiro atoms. The minimum Gasteiger partial charge on any atom is -0.311 e. The van der Waals surface area contributed by atoms with E-state index in [1.165, 1.54) is 5.69 Å². The van der Waals surface area contributed by atoms with Crippen LogP contribution in [-0.4, -0.2) is 41.1 Å². The Bertz CT molecular complexity index is 1050. The summed E-state index contributed by atoms with van der Waals surface area (Å²) >= 11 is 0. The van der Waals surface area contributed by atoms with Crippen molar-refractivity contribution in [3.05, 3.63) is 54.2 Å². The summed E-state index contributed by atoms with van der Waals surface area (Å²) in [5, 5.41) is 15.3. The van der Waals surface area contributed by atoms with Crippen LogP contribution >= 0.6 is 12.4 Å². The predicted octanol–water partition coefficient (Wildman–Crippen LogP) is 2.74. The molecular weight excluding hydrogens is 376 g/mol. The molecule has 0 atom stereocenters.